The fourth-order valence-corrected chi connectivity index (χ4v) is 3.24. The summed E-state index contributed by atoms with van der Waals surface area (Å²) in [7, 11) is -1.16. The Kier molecular flexibility index (Phi) is 4.03. The van der Waals surface area contributed by atoms with Gasteiger partial charge in [-0.15, -0.1) is 0 Å². The molecule has 0 amide bonds. The van der Waals surface area contributed by atoms with Gasteiger partial charge in [-0.3, -0.25) is 0 Å². The first-order valence-electron chi connectivity index (χ1n) is 6.68. The summed E-state index contributed by atoms with van der Waals surface area (Å²) in [5.41, 5.74) is 1.31. The van der Waals surface area contributed by atoms with Gasteiger partial charge < -0.3 is 0 Å². The molecule has 1 aromatic carbocycles. The second-order valence-corrected chi connectivity index (χ2v) is 11.0. The molecule has 0 saturated carbocycles. The first-order valence-corrected chi connectivity index (χ1v) is 10.2. The van der Waals surface area contributed by atoms with Gasteiger partial charge >= 0.3 is 0 Å². The van der Waals surface area contributed by atoms with Crippen LogP contribution in [0.4, 0.5) is 0 Å². The van der Waals surface area contributed by atoms with Gasteiger partial charge in [0.25, 0.3) is 0 Å². The van der Waals surface area contributed by atoms with E-state index in [4.69, 9.17) is 0 Å². The first-order chi connectivity index (χ1) is 8.55. The van der Waals surface area contributed by atoms with Gasteiger partial charge in [0.1, 0.15) is 0 Å². The number of allylic oxidation sites excluding steroid dienone is 5. The highest BCUT2D eigenvalue weighted by Crippen LogP contribution is 2.15. The normalized spacial score (nSPS) is 19.6. The Hall–Kier alpha value is -1.34. The third kappa shape index (κ3) is 3.57. The molecule has 0 radical (unpaired) electrons. The third-order valence-electron chi connectivity index (χ3n) is 3.33. The average Bonchev–Trinajstić information content (AvgIpc) is 2.37. The predicted octanol–water partition coefficient (Wildman–Crippen LogP) is 4.38. The van der Waals surface area contributed by atoms with Crippen molar-refractivity contribution in [3.8, 4) is 0 Å². The van der Waals surface area contributed by atoms with Gasteiger partial charge in [0, 0.05) is 0 Å². The van der Waals surface area contributed by atoms with Crippen LogP contribution in [0.15, 0.2) is 54.6 Å². The van der Waals surface area contributed by atoms with Crippen LogP contribution in [0.25, 0.3) is 6.08 Å². The molecule has 0 spiro atoms. The quantitative estimate of drug-likeness (QED) is 0.702. The lowest BCUT2D eigenvalue weighted by Gasteiger charge is -2.16. The van der Waals surface area contributed by atoms with E-state index >= 15 is 0 Å². The molecule has 94 valence electrons. The molecule has 0 bridgehead atoms. The van der Waals surface area contributed by atoms with E-state index in [-0.39, 0.29) is 0 Å². The zero-order valence-electron chi connectivity index (χ0n) is 11.6. The van der Waals surface area contributed by atoms with Gasteiger partial charge in [0.05, 0.1) is 8.07 Å². The van der Waals surface area contributed by atoms with Crippen molar-refractivity contribution in [1.29, 1.82) is 0 Å². The van der Waals surface area contributed by atoms with Gasteiger partial charge in [-0.1, -0.05) is 85.5 Å². The summed E-state index contributed by atoms with van der Waals surface area (Å²) in [4.78, 5) is 0. The van der Waals surface area contributed by atoms with Crippen molar-refractivity contribution < 1.29 is 0 Å². The molecule has 0 fully saturated rings. The minimum absolute atomic E-state index is 0.562. The summed E-state index contributed by atoms with van der Waals surface area (Å²) in [5.74, 6) is 0.562. The van der Waals surface area contributed by atoms with Crippen molar-refractivity contribution in [1.82, 2.24) is 0 Å². The SMILES string of the molecule is C[Si](C)(C)c1ccc(/C=C/C2C=CC=CC2)cc1. The van der Waals surface area contributed by atoms with Crippen LogP contribution < -0.4 is 5.19 Å². The van der Waals surface area contributed by atoms with Gasteiger partial charge in [-0.2, -0.15) is 0 Å². The van der Waals surface area contributed by atoms with E-state index < -0.39 is 8.07 Å². The minimum Gasteiger partial charge on any atom is -0.0837 e. The zero-order chi connectivity index (χ0) is 13.0. The lowest BCUT2D eigenvalue weighted by Crippen LogP contribution is -2.37. The van der Waals surface area contributed by atoms with Crippen LogP contribution in [0.5, 0.6) is 0 Å². The van der Waals surface area contributed by atoms with Crippen LogP contribution >= 0.6 is 0 Å². The Morgan fingerprint density at radius 2 is 1.78 bits per heavy atom. The Morgan fingerprint density at radius 1 is 1.06 bits per heavy atom. The van der Waals surface area contributed by atoms with Crippen molar-refractivity contribution in [3.05, 3.63) is 60.2 Å². The fourth-order valence-electron chi connectivity index (χ4n) is 2.07. The van der Waals surface area contributed by atoms with Crippen molar-refractivity contribution >= 4 is 19.3 Å². The number of rotatable bonds is 3. The molecule has 0 aliphatic heterocycles. The number of hydrogen-bond donors (Lipinski definition) is 0. The van der Waals surface area contributed by atoms with Gasteiger partial charge in [0.2, 0.25) is 0 Å². The van der Waals surface area contributed by atoms with Gasteiger partial charge in [0.15, 0.2) is 0 Å². The predicted molar refractivity (Wildman–Crippen MR) is 84.8 cm³/mol. The van der Waals surface area contributed by atoms with Crippen molar-refractivity contribution in [3.63, 3.8) is 0 Å². The summed E-state index contributed by atoms with van der Waals surface area (Å²) in [5, 5.41) is 1.53. The summed E-state index contributed by atoms with van der Waals surface area (Å²) in [6.45, 7) is 7.16. The van der Waals surface area contributed by atoms with Crippen molar-refractivity contribution in [2.24, 2.45) is 5.92 Å². The van der Waals surface area contributed by atoms with E-state index in [0.717, 1.165) is 6.42 Å². The summed E-state index contributed by atoms with van der Waals surface area (Å²) in [6.07, 6.45) is 14.4. The van der Waals surface area contributed by atoms with Gasteiger partial charge in [-0.05, 0) is 17.9 Å². The molecule has 0 N–H and O–H groups in total. The highest BCUT2D eigenvalue weighted by Gasteiger charge is 2.15. The largest absolute Gasteiger partial charge is 0.0837 e. The van der Waals surface area contributed by atoms with Crippen molar-refractivity contribution in [2.45, 2.75) is 26.1 Å². The van der Waals surface area contributed by atoms with E-state index in [2.05, 4.69) is 80.4 Å². The monoisotopic (exact) mass is 254 g/mol. The standard InChI is InChI=1S/C17H22Si/c1-18(2,3)17-13-11-16(12-14-17)10-9-15-7-5-4-6-8-15/h4-7,9-15H,8H2,1-3H3/b10-9+. The molecule has 1 atom stereocenters. The van der Waals surface area contributed by atoms with Gasteiger partial charge in [-0.25, -0.2) is 0 Å². The highest BCUT2D eigenvalue weighted by atomic mass is 28.3. The first kappa shape index (κ1) is 13.1. The summed E-state index contributed by atoms with van der Waals surface area (Å²) in [6, 6.07) is 9.07. The zero-order valence-corrected chi connectivity index (χ0v) is 12.6. The Balaban J connectivity index is 2.04. The Bertz CT molecular complexity index is 469. The fraction of sp³-hybridized carbons (Fsp3) is 0.294. The van der Waals surface area contributed by atoms with Crippen molar-refractivity contribution in [2.75, 3.05) is 0 Å². The number of benzene rings is 1. The number of hydrogen-bond acceptors (Lipinski definition) is 0. The van der Waals surface area contributed by atoms with E-state index in [1.807, 2.05) is 0 Å². The molecule has 0 heterocycles. The van der Waals surface area contributed by atoms with E-state index in [9.17, 15) is 0 Å². The third-order valence-corrected chi connectivity index (χ3v) is 5.39. The maximum atomic E-state index is 2.39. The van der Waals surface area contributed by atoms with Crippen LogP contribution in [0, 0.1) is 5.92 Å². The maximum absolute atomic E-state index is 2.39. The summed E-state index contributed by atoms with van der Waals surface area (Å²) >= 11 is 0. The topological polar surface area (TPSA) is 0 Å². The molecule has 1 aromatic rings. The average molecular weight is 254 g/mol. The molecule has 0 saturated heterocycles. The second kappa shape index (κ2) is 5.53. The van der Waals surface area contributed by atoms with Crippen LogP contribution in [-0.4, -0.2) is 8.07 Å². The molecule has 1 heteroatoms. The lowest BCUT2D eigenvalue weighted by molar-refractivity contribution is 0.826. The van der Waals surface area contributed by atoms with E-state index in [1.54, 1.807) is 0 Å². The molecular weight excluding hydrogens is 232 g/mol. The van der Waals surface area contributed by atoms with Crippen LogP contribution in [-0.2, 0) is 0 Å². The Labute approximate surface area is 112 Å². The Morgan fingerprint density at radius 3 is 2.33 bits per heavy atom. The minimum atomic E-state index is -1.16. The smallest absolute Gasteiger partial charge is 0.0775 e. The van der Waals surface area contributed by atoms with Crippen LogP contribution in [0.1, 0.15) is 12.0 Å². The lowest BCUT2D eigenvalue weighted by atomic mass is 9.99. The molecule has 0 nitrogen and oxygen atoms in total. The highest BCUT2D eigenvalue weighted by molar-refractivity contribution is 6.88. The molecule has 2 rings (SSSR count). The van der Waals surface area contributed by atoms with Crippen LogP contribution in [0.2, 0.25) is 19.6 Å². The molecule has 1 aliphatic rings. The van der Waals surface area contributed by atoms with Crippen LogP contribution in [0.3, 0.4) is 0 Å². The summed E-state index contributed by atoms with van der Waals surface area (Å²) < 4.78 is 0. The maximum Gasteiger partial charge on any atom is 0.0775 e. The molecule has 1 aliphatic carbocycles. The molecular formula is C17H22Si. The molecule has 1 unspecified atom stereocenters. The molecule has 0 aromatic heterocycles. The second-order valence-electron chi connectivity index (χ2n) is 5.94. The van der Waals surface area contributed by atoms with E-state index in [1.165, 1.54) is 10.8 Å². The molecule has 18 heavy (non-hydrogen) atoms. The van der Waals surface area contributed by atoms with E-state index in [0.29, 0.717) is 5.92 Å².